The minimum Gasteiger partial charge on any atom is -0.342 e. The molecule has 0 bridgehead atoms. The molecule has 1 aromatic heterocycles. The first-order valence-corrected chi connectivity index (χ1v) is 9.59. The molecule has 0 spiro atoms. The van der Waals surface area contributed by atoms with E-state index < -0.39 is 0 Å². The zero-order chi connectivity index (χ0) is 20.4. The molecule has 3 aromatic carbocycles. The maximum Gasteiger partial charge on any atom is 0.251 e. The van der Waals surface area contributed by atoms with Crippen molar-refractivity contribution in [2.24, 2.45) is 0 Å². The Hall–Kier alpha value is -3.47. The number of rotatable bonds is 5. The van der Waals surface area contributed by atoms with Crippen LogP contribution in [0.5, 0.6) is 0 Å². The van der Waals surface area contributed by atoms with Crippen LogP contribution in [0.1, 0.15) is 40.3 Å². The molecule has 4 nitrogen and oxygen atoms in total. The van der Waals surface area contributed by atoms with Crippen molar-refractivity contribution in [2.75, 3.05) is 0 Å². The number of hydrogen-bond acceptors (Lipinski definition) is 2. The molecule has 5 heteroatoms. The van der Waals surface area contributed by atoms with Crippen LogP contribution in [-0.4, -0.2) is 15.5 Å². The van der Waals surface area contributed by atoms with Crippen LogP contribution in [0, 0.1) is 12.7 Å². The number of halogens is 1. The normalized spacial score (nSPS) is 12.1. The average molecular weight is 387 g/mol. The van der Waals surface area contributed by atoms with E-state index in [1.807, 2.05) is 66.9 Å². The molecule has 1 atom stereocenters. The highest BCUT2D eigenvalue weighted by Gasteiger charge is 2.20. The number of carbonyl (C=O) groups is 1. The highest BCUT2D eigenvalue weighted by atomic mass is 19.1. The third-order valence-corrected chi connectivity index (χ3v) is 4.99. The van der Waals surface area contributed by atoms with Crippen molar-refractivity contribution in [1.82, 2.24) is 14.9 Å². The molecule has 0 aliphatic carbocycles. The Morgan fingerprint density at radius 2 is 1.83 bits per heavy atom. The van der Waals surface area contributed by atoms with Gasteiger partial charge in [-0.1, -0.05) is 48.0 Å². The number of carbonyl (C=O) groups excluding carboxylic acids is 1. The first-order valence-electron chi connectivity index (χ1n) is 9.59. The van der Waals surface area contributed by atoms with E-state index in [0.29, 0.717) is 23.5 Å². The van der Waals surface area contributed by atoms with Crippen molar-refractivity contribution in [1.29, 1.82) is 0 Å². The van der Waals surface area contributed by atoms with Crippen molar-refractivity contribution in [3.63, 3.8) is 0 Å². The van der Waals surface area contributed by atoms with Crippen LogP contribution in [0.4, 0.5) is 4.39 Å². The number of nitrogens with zero attached hydrogens (tertiary/aromatic N) is 2. The lowest BCUT2D eigenvalue weighted by atomic mass is 10.1. The van der Waals surface area contributed by atoms with Crippen LogP contribution < -0.4 is 5.32 Å². The van der Waals surface area contributed by atoms with Crippen molar-refractivity contribution < 1.29 is 9.18 Å². The zero-order valence-electron chi connectivity index (χ0n) is 16.4. The molecular weight excluding hydrogens is 365 g/mol. The predicted molar refractivity (Wildman–Crippen MR) is 112 cm³/mol. The maximum atomic E-state index is 14.3. The van der Waals surface area contributed by atoms with E-state index in [4.69, 9.17) is 4.98 Å². The van der Waals surface area contributed by atoms with Gasteiger partial charge in [0.05, 0.1) is 23.6 Å². The highest BCUT2D eigenvalue weighted by Crippen LogP contribution is 2.23. The number of para-hydroxylation sites is 2. The number of imidazole rings is 1. The van der Waals surface area contributed by atoms with E-state index in [2.05, 4.69) is 5.32 Å². The predicted octanol–water partition coefficient (Wildman–Crippen LogP) is 5.02. The summed E-state index contributed by atoms with van der Waals surface area (Å²) in [6.07, 6.45) is 0. The van der Waals surface area contributed by atoms with Gasteiger partial charge >= 0.3 is 0 Å². The summed E-state index contributed by atoms with van der Waals surface area (Å²) in [5, 5.41) is 3.03. The summed E-state index contributed by atoms with van der Waals surface area (Å²) in [5.41, 5.74) is 3.93. The van der Waals surface area contributed by atoms with E-state index in [0.717, 1.165) is 16.6 Å². The van der Waals surface area contributed by atoms with E-state index in [1.165, 1.54) is 6.07 Å². The number of aryl methyl sites for hydroxylation is 1. The third kappa shape index (κ3) is 3.90. The Morgan fingerprint density at radius 3 is 2.62 bits per heavy atom. The van der Waals surface area contributed by atoms with Gasteiger partial charge in [0, 0.05) is 11.1 Å². The molecule has 1 unspecified atom stereocenters. The van der Waals surface area contributed by atoms with E-state index in [1.54, 1.807) is 18.2 Å². The Morgan fingerprint density at radius 1 is 1.07 bits per heavy atom. The van der Waals surface area contributed by atoms with Crippen molar-refractivity contribution in [3.05, 3.63) is 101 Å². The minimum absolute atomic E-state index is 0.161. The second kappa shape index (κ2) is 7.87. The lowest BCUT2D eigenvalue weighted by molar-refractivity contribution is 0.0937. The van der Waals surface area contributed by atoms with Crippen LogP contribution >= 0.6 is 0 Å². The van der Waals surface area contributed by atoms with Gasteiger partial charge in [-0.25, -0.2) is 9.37 Å². The fraction of sp³-hybridized carbons (Fsp3) is 0.167. The van der Waals surface area contributed by atoms with Gasteiger partial charge in [-0.3, -0.25) is 4.79 Å². The summed E-state index contributed by atoms with van der Waals surface area (Å²) in [6, 6.07) is 21.6. The molecule has 1 amide bonds. The van der Waals surface area contributed by atoms with E-state index >= 15 is 0 Å². The fourth-order valence-electron chi connectivity index (χ4n) is 3.52. The molecule has 4 aromatic rings. The van der Waals surface area contributed by atoms with Gasteiger partial charge in [-0.05, 0) is 44.2 Å². The molecule has 1 N–H and O–H groups in total. The summed E-state index contributed by atoms with van der Waals surface area (Å²) in [7, 11) is 0. The molecular formula is C24H22FN3O. The number of hydrogen-bond donors (Lipinski definition) is 1. The summed E-state index contributed by atoms with van der Waals surface area (Å²) in [6.45, 7) is 4.19. The Balaban J connectivity index is 1.69. The van der Waals surface area contributed by atoms with Gasteiger partial charge in [-0.15, -0.1) is 0 Å². The summed E-state index contributed by atoms with van der Waals surface area (Å²) >= 11 is 0. The van der Waals surface area contributed by atoms with Gasteiger partial charge in [0.15, 0.2) is 0 Å². The standard InChI is InChI=1S/C24H22FN3O/c1-16-8-7-10-18(14-16)24(29)26-17(2)23-27-21-12-5-6-13-22(21)28(23)15-19-9-3-4-11-20(19)25/h3-14,17H,15H2,1-2H3,(H,26,29). The number of amides is 1. The SMILES string of the molecule is Cc1cccc(C(=O)NC(C)c2nc3ccccc3n2Cc2ccccc2F)c1. The zero-order valence-corrected chi connectivity index (χ0v) is 16.4. The lowest BCUT2D eigenvalue weighted by Crippen LogP contribution is -2.29. The number of benzene rings is 3. The molecule has 146 valence electrons. The van der Waals surface area contributed by atoms with Gasteiger partial charge < -0.3 is 9.88 Å². The molecule has 0 saturated heterocycles. The summed E-state index contributed by atoms with van der Waals surface area (Å²) in [5.74, 6) is 0.272. The van der Waals surface area contributed by atoms with Gasteiger partial charge in [0.2, 0.25) is 0 Å². The first-order chi connectivity index (χ1) is 14.0. The van der Waals surface area contributed by atoms with Crippen LogP contribution in [0.25, 0.3) is 11.0 Å². The second-order valence-electron chi connectivity index (χ2n) is 7.20. The van der Waals surface area contributed by atoms with Gasteiger partial charge in [0.1, 0.15) is 11.6 Å². The number of aromatic nitrogens is 2. The summed E-state index contributed by atoms with van der Waals surface area (Å²) in [4.78, 5) is 17.4. The molecule has 0 aliphatic rings. The maximum absolute atomic E-state index is 14.3. The van der Waals surface area contributed by atoms with Gasteiger partial charge in [0.25, 0.3) is 5.91 Å². The fourth-order valence-corrected chi connectivity index (χ4v) is 3.52. The third-order valence-electron chi connectivity index (χ3n) is 4.99. The lowest BCUT2D eigenvalue weighted by Gasteiger charge is -2.17. The van der Waals surface area contributed by atoms with Crippen LogP contribution in [0.2, 0.25) is 0 Å². The largest absolute Gasteiger partial charge is 0.342 e. The highest BCUT2D eigenvalue weighted by molar-refractivity contribution is 5.94. The molecule has 0 fully saturated rings. The molecule has 1 heterocycles. The molecule has 4 rings (SSSR count). The first kappa shape index (κ1) is 18.9. The minimum atomic E-state index is -0.345. The molecule has 29 heavy (non-hydrogen) atoms. The van der Waals surface area contributed by atoms with Crippen LogP contribution in [0.3, 0.4) is 0 Å². The van der Waals surface area contributed by atoms with Crippen molar-refractivity contribution >= 4 is 16.9 Å². The van der Waals surface area contributed by atoms with Crippen molar-refractivity contribution in [2.45, 2.75) is 26.4 Å². The monoisotopic (exact) mass is 387 g/mol. The number of nitrogens with one attached hydrogen (secondary N) is 1. The topological polar surface area (TPSA) is 46.9 Å². The Kier molecular flexibility index (Phi) is 5.12. The van der Waals surface area contributed by atoms with Gasteiger partial charge in [-0.2, -0.15) is 0 Å². The average Bonchev–Trinajstić information content (AvgIpc) is 3.08. The second-order valence-corrected chi connectivity index (χ2v) is 7.20. The Bertz CT molecular complexity index is 1180. The van der Waals surface area contributed by atoms with E-state index in [9.17, 15) is 9.18 Å². The van der Waals surface area contributed by atoms with Crippen LogP contribution in [0.15, 0.2) is 72.8 Å². The van der Waals surface area contributed by atoms with Crippen LogP contribution in [-0.2, 0) is 6.54 Å². The quantitative estimate of drug-likeness (QED) is 0.522. The van der Waals surface area contributed by atoms with E-state index in [-0.39, 0.29) is 17.8 Å². The number of fused-ring (bicyclic) bond motifs is 1. The van der Waals surface area contributed by atoms with Crippen molar-refractivity contribution in [3.8, 4) is 0 Å². The molecule has 0 aliphatic heterocycles. The smallest absolute Gasteiger partial charge is 0.251 e. The Labute approximate surface area is 169 Å². The summed E-state index contributed by atoms with van der Waals surface area (Å²) < 4.78 is 16.2. The molecule has 0 saturated carbocycles. The molecule has 0 radical (unpaired) electrons.